The van der Waals surface area contributed by atoms with E-state index in [-0.39, 0.29) is 18.5 Å². The summed E-state index contributed by atoms with van der Waals surface area (Å²) >= 11 is 0. The minimum Gasteiger partial charge on any atom is -0.415 e. The first-order valence-corrected chi connectivity index (χ1v) is 14.1. The molecule has 0 atom stereocenters. The summed E-state index contributed by atoms with van der Waals surface area (Å²) in [5, 5.41) is 7.88. The number of hydrogen-bond donors (Lipinski definition) is 1. The molecule has 1 N–H and O–H groups in total. The summed E-state index contributed by atoms with van der Waals surface area (Å²) < 4.78 is 52.0. The van der Waals surface area contributed by atoms with Crippen LogP contribution in [0.1, 0.15) is 18.0 Å². The quantitative estimate of drug-likeness (QED) is 0.222. The number of hydrogen-bond acceptors (Lipinski definition) is 8. The molecule has 10 nitrogen and oxygen atoms in total. The number of fused-ring (bicyclic) bond motifs is 1. The Morgan fingerprint density at radius 2 is 1.93 bits per heavy atom. The molecule has 2 saturated heterocycles. The van der Waals surface area contributed by atoms with E-state index in [1.807, 2.05) is 43.6 Å². The molecule has 1 amide bonds. The zero-order chi connectivity index (χ0) is 30.4. The van der Waals surface area contributed by atoms with E-state index in [4.69, 9.17) is 9.15 Å². The summed E-state index contributed by atoms with van der Waals surface area (Å²) in [6, 6.07) is 14.6. The lowest BCUT2D eigenvalue weighted by atomic mass is 9.97. The van der Waals surface area contributed by atoms with Crippen molar-refractivity contribution in [1.82, 2.24) is 25.1 Å². The van der Waals surface area contributed by atoms with Crippen LogP contribution in [0.15, 0.2) is 65.3 Å². The van der Waals surface area contributed by atoms with E-state index < -0.39 is 18.1 Å². The van der Waals surface area contributed by atoms with Crippen LogP contribution in [0.25, 0.3) is 33.5 Å². The highest BCUT2D eigenvalue weighted by Crippen LogP contribution is 2.40. The maximum Gasteiger partial charge on any atom is 0.314 e. The molecule has 13 heteroatoms. The van der Waals surface area contributed by atoms with Crippen molar-refractivity contribution in [2.75, 3.05) is 43.2 Å². The number of carbonyl (C=O) groups excluding carboxylic acids is 1. The van der Waals surface area contributed by atoms with Crippen LogP contribution in [0.3, 0.4) is 0 Å². The van der Waals surface area contributed by atoms with Crippen LogP contribution >= 0.6 is 0 Å². The van der Waals surface area contributed by atoms with Gasteiger partial charge < -0.3 is 23.9 Å². The molecular formula is C31H28F3N7O3. The number of aromatic nitrogens is 4. The molecule has 0 aliphatic carbocycles. The first-order chi connectivity index (χ1) is 21.4. The van der Waals surface area contributed by atoms with E-state index in [0.717, 1.165) is 42.8 Å². The molecule has 7 rings (SSSR count). The predicted molar refractivity (Wildman–Crippen MR) is 157 cm³/mol. The van der Waals surface area contributed by atoms with Gasteiger partial charge in [0.05, 0.1) is 54.5 Å². The number of anilines is 2. The van der Waals surface area contributed by atoms with Gasteiger partial charge in [0.15, 0.2) is 0 Å². The third-order valence-corrected chi connectivity index (χ3v) is 8.37. The number of pyridine rings is 1. The predicted octanol–water partition coefficient (Wildman–Crippen LogP) is 5.04. The molecule has 0 radical (unpaired) electrons. The molecule has 2 aliphatic heterocycles. The maximum atomic E-state index is 16.0. The second kappa shape index (κ2) is 11.4. The Labute approximate surface area is 250 Å². The van der Waals surface area contributed by atoms with Crippen molar-refractivity contribution in [1.29, 1.82) is 0 Å². The second-order valence-corrected chi connectivity index (χ2v) is 11.0. The summed E-state index contributed by atoms with van der Waals surface area (Å²) in [5.41, 5.74) is 4.03. The summed E-state index contributed by atoms with van der Waals surface area (Å²) in [7, 11) is 1.96. The third kappa shape index (κ3) is 5.07. The first-order valence-electron chi connectivity index (χ1n) is 14.1. The van der Waals surface area contributed by atoms with Gasteiger partial charge in [0, 0.05) is 55.1 Å². The molecule has 2 fully saturated rings. The summed E-state index contributed by atoms with van der Waals surface area (Å²) in [4.78, 5) is 26.0. The van der Waals surface area contributed by atoms with Crippen molar-refractivity contribution in [3.05, 3.63) is 78.3 Å². The molecule has 3 aromatic heterocycles. The molecule has 2 aliphatic rings. The van der Waals surface area contributed by atoms with Crippen molar-refractivity contribution in [3.8, 4) is 22.6 Å². The minimum absolute atomic E-state index is 0.0408. The molecule has 0 bridgehead atoms. The number of nitrogens with zero attached hydrogens (tertiary/aromatic N) is 6. The lowest BCUT2D eigenvalue weighted by molar-refractivity contribution is -0.107. The molecular weight excluding hydrogens is 575 g/mol. The maximum absolute atomic E-state index is 16.0. The minimum atomic E-state index is -2.88. The number of likely N-dealkylation sites (N-methyl/N-ethyl adjacent to an activating group) is 1. The smallest absolute Gasteiger partial charge is 0.314 e. The van der Waals surface area contributed by atoms with Crippen molar-refractivity contribution < 1.29 is 27.1 Å². The molecule has 2 aromatic carbocycles. The van der Waals surface area contributed by atoms with E-state index in [1.54, 1.807) is 12.1 Å². The molecule has 5 aromatic rings. The highest BCUT2D eigenvalue weighted by molar-refractivity contribution is 5.97. The van der Waals surface area contributed by atoms with Gasteiger partial charge in [-0.15, -0.1) is 10.2 Å². The molecule has 0 unspecified atom stereocenters. The van der Waals surface area contributed by atoms with Gasteiger partial charge in [0.1, 0.15) is 5.82 Å². The third-order valence-electron chi connectivity index (χ3n) is 8.37. The number of halogens is 3. The van der Waals surface area contributed by atoms with Gasteiger partial charge in [-0.25, -0.2) is 4.39 Å². The van der Waals surface area contributed by atoms with Crippen LogP contribution in [-0.2, 0) is 16.1 Å². The monoisotopic (exact) mass is 603 g/mol. The summed E-state index contributed by atoms with van der Waals surface area (Å²) in [6.07, 6.45) is 1.00. The number of aromatic amines is 1. The topological polar surface area (TPSA) is 104 Å². The molecule has 5 heterocycles. The fourth-order valence-electron chi connectivity index (χ4n) is 5.69. The van der Waals surface area contributed by atoms with Crippen molar-refractivity contribution >= 4 is 28.7 Å². The normalized spacial score (nSPS) is 15.8. The highest BCUT2D eigenvalue weighted by Gasteiger charge is 2.38. The van der Waals surface area contributed by atoms with Crippen LogP contribution in [-0.4, -0.2) is 76.9 Å². The Balaban J connectivity index is 1.21. The Hall–Kier alpha value is -4.75. The fourth-order valence-corrected chi connectivity index (χ4v) is 5.69. The van der Waals surface area contributed by atoms with Gasteiger partial charge in [0.25, 0.3) is 5.89 Å². The van der Waals surface area contributed by atoms with E-state index in [9.17, 15) is 13.6 Å². The fraction of sp³-hybridized carbons (Fsp3) is 0.290. The number of benzene rings is 2. The number of H-pyrrole nitrogens is 1. The zero-order valence-electron chi connectivity index (χ0n) is 23.7. The van der Waals surface area contributed by atoms with Gasteiger partial charge in [-0.3, -0.25) is 14.7 Å². The first kappa shape index (κ1) is 28.0. The number of carbonyl (C=O) groups is 1. The number of alkyl halides is 2. The Kier molecular flexibility index (Phi) is 7.26. The van der Waals surface area contributed by atoms with E-state index >= 15 is 4.39 Å². The van der Waals surface area contributed by atoms with Crippen LogP contribution in [0.2, 0.25) is 0 Å². The Morgan fingerprint density at radius 3 is 2.61 bits per heavy atom. The summed E-state index contributed by atoms with van der Waals surface area (Å²) in [5.74, 6) is -1.33. The van der Waals surface area contributed by atoms with Crippen LogP contribution in [0.5, 0.6) is 0 Å². The lowest BCUT2D eigenvalue weighted by Gasteiger charge is -2.51. The number of rotatable bonds is 10. The van der Waals surface area contributed by atoms with E-state index in [2.05, 4.69) is 30.0 Å². The summed E-state index contributed by atoms with van der Waals surface area (Å²) in [6.45, 7) is 3.16. The van der Waals surface area contributed by atoms with Crippen LogP contribution in [0, 0.1) is 5.82 Å². The average molecular weight is 604 g/mol. The van der Waals surface area contributed by atoms with Crippen molar-refractivity contribution in [2.24, 2.45) is 0 Å². The average Bonchev–Trinajstić information content (AvgIpc) is 3.67. The molecule has 0 spiro atoms. The number of nitrogens with one attached hydrogen (secondary N) is 1. The Morgan fingerprint density at radius 1 is 1.09 bits per heavy atom. The van der Waals surface area contributed by atoms with E-state index in [1.165, 1.54) is 17.2 Å². The molecule has 226 valence electrons. The van der Waals surface area contributed by atoms with E-state index in [0.29, 0.717) is 40.6 Å². The zero-order valence-corrected chi connectivity index (χ0v) is 23.7. The van der Waals surface area contributed by atoms with Gasteiger partial charge in [-0.2, -0.15) is 8.78 Å². The highest BCUT2D eigenvalue weighted by atomic mass is 19.3. The van der Waals surface area contributed by atoms with Gasteiger partial charge >= 0.3 is 6.43 Å². The van der Waals surface area contributed by atoms with Gasteiger partial charge in [-0.1, -0.05) is 12.1 Å². The number of likely N-dealkylation sites (tertiary alicyclic amines) is 1. The standard InChI is InChI=1S/C31H28F3N7O3/c1-39(20-13-40(14-20)21-15-43-16-21)27-9-24(22-3-2-4-26-23(22)7-8-35-26)25(32)10-28(27)41(17-42)12-19-6-5-18(11-36-19)30-37-38-31(44-30)29(33)34/h2-11,17,20-21,29,35H,12-16H2,1H3. The Bertz CT molecular complexity index is 1800. The molecule has 44 heavy (non-hydrogen) atoms. The van der Waals surface area contributed by atoms with Crippen molar-refractivity contribution in [3.63, 3.8) is 0 Å². The number of amides is 1. The van der Waals surface area contributed by atoms with Crippen molar-refractivity contribution in [2.45, 2.75) is 25.1 Å². The van der Waals surface area contributed by atoms with Crippen LogP contribution < -0.4 is 9.80 Å². The lowest BCUT2D eigenvalue weighted by Crippen LogP contribution is -2.65. The largest absolute Gasteiger partial charge is 0.415 e. The van der Waals surface area contributed by atoms with Gasteiger partial charge in [-0.05, 0) is 35.9 Å². The number of ether oxygens (including phenoxy) is 1. The van der Waals surface area contributed by atoms with Crippen LogP contribution in [0.4, 0.5) is 24.5 Å². The van der Waals surface area contributed by atoms with Gasteiger partial charge in [0.2, 0.25) is 12.3 Å². The SMILES string of the molecule is CN(c1cc(-c2cccc3[nH]ccc23)c(F)cc1N(C=O)Cc1ccc(-c2nnc(C(F)F)o2)cn1)C1CN(C2COC2)C1. The molecule has 0 saturated carbocycles. The second-order valence-electron chi connectivity index (χ2n) is 11.0.